The van der Waals surface area contributed by atoms with Crippen LogP contribution < -0.4 is 0 Å². The summed E-state index contributed by atoms with van der Waals surface area (Å²) >= 11 is 0. The number of halogens is 4. The first-order valence-corrected chi connectivity index (χ1v) is 4.52. The highest BCUT2D eigenvalue weighted by Gasteiger charge is 2.30. The molecule has 2 N–H and O–H groups in total. The van der Waals surface area contributed by atoms with Gasteiger partial charge in [-0.3, -0.25) is 0 Å². The molecular weight excluding hydrogens is 244 g/mol. The van der Waals surface area contributed by atoms with Crippen LogP contribution in [0.5, 0.6) is 0 Å². The molecule has 0 spiro atoms. The predicted molar refractivity (Wildman–Crippen MR) is 48.7 cm³/mol. The maximum absolute atomic E-state index is 13.3. The van der Waals surface area contributed by atoms with Crippen molar-refractivity contribution in [2.45, 2.75) is 12.8 Å². The summed E-state index contributed by atoms with van der Waals surface area (Å²) < 4.78 is 53.1. The fraction of sp³-hybridized carbons (Fsp3) is 0.300. The van der Waals surface area contributed by atoms with Crippen molar-refractivity contribution < 1.29 is 32.6 Å². The third-order valence-electron chi connectivity index (χ3n) is 2.28. The summed E-state index contributed by atoms with van der Waals surface area (Å²) in [7, 11) is 0. The molecule has 0 aromatic heterocycles. The Kier molecular flexibility index (Phi) is 3.72. The molecule has 1 atom stereocenters. The highest BCUT2D eigenvalue weighted by atomic mass is 19.2. The van der Waals surface area contributed by atoms with Crippen molar-refractivity contribution in [1.29, 1.82) is 0 Å². The van der Waals surface area contributed by atoms with Gasteiger partial charge in [-0.05, 0) is 0 Å². The quantitative estimate of drug-likeness (QED) is 0.639. The number of hydrogen-bond acceptors (Lipinski definition) is 2. The number of aliphatic hydroxyl groups is 1. The van der Waals surface area contributed by atoms with Gasteiger partial charge in [-0.15, -0.1) is 0 Å². The van der Waals surface area contributed by atoms with Crippen LogP contribution in [-0.4, -0.2) is 22.8 Å². The predicted octanol–water partition coefficient (Wildman–Crippen LogP) is 2.04. The van der Waals surface area contributed by atoms with Gasteiger partial charge in [-0.25, -0.2) is 22.4 Å². The molecule has 3 nitrogen and oxygen atoms in total. The summed E-state index contributed by atoms with van der Waals surface area (Å²) in [4.78, 5) is 10.4. The largest absolute Gasteiger partial charge is 0.477 e. The maximum Gasteiger partial charge on any atom is 0.341 e. The molecule has 0 radical (unpaired) electrons. The first-order valence-electron chi connectivity index (χ1n) is 4.52. The lowest BCUT2D eigenvalue weighted by Gasteiger charge is -2.13. The summed E-state index contributed by atoms with van der Waals surface area (Å²) in [5, 5.41) is 17.1. The molecule has 0 fully saturated rings. The van der Waals surface area contributed by atoms with E-state index in [2.05, 4.69) is 0 Å². The first kappa shape index (κ1) is 13.4. The number of carboxylic acid groups (broad SMARTS) is 1. The summed E-state index contributed by atoms with van der Waals surface area (Å²) in [6.45, 7) is 0.403. The van der Waals surface area contributed by atoms with Gasteiger partial charge in [0.05, 0.1) is 0 Å². The summed E-state index contributed by atoms with van der Waals surface area (Å²) in [6.07, 6.45) is 0. The number of carboxylic acids is 1. The zero-order valence-corrected chi connectivity index (χ0v) is 8.60. The molecule has 1 rings (SSSR count). The van der Waals surface area contributed by atoms with E-state index >= 15 is 0 Å². The van der Waals surface area contributed by atoms with Crippen LogP contribution in [0, 0.1) is 23.3 Å². The van der Waals surface area contributed by atoms with Gasteiger partial charge in [0, 0.05) is 18.1 Å². The van der Waals surface area contributed by atoms with Gasteiger partial charge in [0.2, 0.25) is 0 Å². The lowest BCUT2D eigenvalue weighted by atomic mass is 9.98. The van der Waals surface area contributed by atoms with E-state index in [-0.39, 0.29) is 0 Å². The Morgan fingerprint density at radius 1 is 1.12 bits per heavy atom. The van der Waals surface area contributed by atoms with Crippen LogP contribution in [0.3, 0.4) is 0 Å². The van der Waals surface area contributed by atoms with E-state index in [4.69, 9.17) is 10.2 Å². The van der Waals surface area contributed by atoms with Gasteiger partial charge < -0.3 is 10.2 Å². The monoisotopic (exact) mass is 252 g/mol. The van der Waals surface area contributed by atoms with Gasteiger partial charge in [-0.1, -0.05) is 6.92 Å². The lowest BCUT2D eigenvalue weighted by molar-refractivity contribution is 0.0683. The molecule has 0 saturated heterocycles. The lowest BCUT2D eigenvalue weighted by Crippen LogP contribution is -2.15. The third-order valence-corrected chi connectivity index (χ3v) is 2.28. The Balaban J connectivity index is 3.64. The molecule has 0 heterocycles. The highest BCUT2D eigenvalue weighted by Crippen LogP contribution is 2.29. The molecule has 17 heavy (non-hydrogen) atoms. The van der Waals surface area contributed by atoms with E-state index in [0.29, 0.717) is 0 Å². The average molecular weight is 252 g/mol. The normalized spacial score (nSPS) is 12.6. The SMILES string of the molecule is CC(CO)c1c(F)c(F)c(C(=O)O)c(F)c1F. The molecule has 0 aliphatic carbocycles. The zero-order chi connectivity index (χ0) is 13.3. The Hall–Kier alpha value is -1.63. The number of carbonyl (C=O) groups is 1. The van der Waals surface area contributed by atoms with Crippen molar-refractivity contribution >= 4 is 5.97 Å². The molecule has 0 bridgehead atoms. The standard InChI is InChI=1S/C10H8F4O3/c1-3(2-15)4-6(11)8(13)5(10(16)17)9(14)7(4)12/h3,15H,2H2,1H3,(H,16,17). The molecule has 0 saturated carbocycles. The second-order valence-electron chi connectivity index (χ2n) is 3.43. The smallest absolute Gasteiger partial charge is 0.341 e. The molecule has 1 unspecified atom stereocenters. The van der Waals surface area contributed by atoms with E-state index < -0.39 is 52.9 Å². The van der Waals surface area contributed by atoms with Crippen LogP contribution in [0.2, 0.25) is 0 Å². The van der Waals surface area contributed by atoms with Crippen LogP contribution in [0.25, 0.3) is 0 Å². The van der Waals surface area contributed by atoms with Crippen LogP contribution >= 0.6 is 0 Å². The molecule has 7 heteroatoms. The topological polar surface area (TPSA) is 57.5 Å². The van der Waals surface area contributed by atoms with E-state index in [0.717, 1.165) is 6.92 Å². The van der Waals surface area contributed by atoms with Crippen LogP contribution in [0.1, 0.15) is 28.8 Å². The molecule has 0 amide bonds. The number of aliphatic hydroxyl groups excluding tert-OH is 1. The van der Waals surface area contributed by atoms with Crippen molar-refractivity contribution in [3.8, 4) is 0 Å². The van der Waals surface area contributed by atoms with E-state index in [1.165, 1.54) is 0 Å². The third kappa shape index (κ3) is 2.10. The van der Waals surface area contributed by atoms with Crippen LogP contribution in [-0.2, 0) is 0 Å². The zero-order valence-electron chi connectivity index (χ0n) is 8.60. The Labute approximate surface area is 93.3 Å². The van der Waals surface area contributed by atoms with Gasteiger partial charge >= 0.3 is 5.97 Å². The van der Waals surface area contributed by atoms with Crippen molar-refractivity contribution in [3.63, 3.8) is 0 Å². The first-order chi connectivity index (χ1) is 7.82. The van der Waals surface area contributed by atoms with Gasteiger partial charge in [0.25, 0.3) is 0 Å². The fourth-order valence-corrected chi connectivity index (χ4v) is 1.36. The van der Waals surface area contributed by atoms with Gasteiger partial charge in [-0.2, -0.15) is 0 Å². The van der Waals surface area contributed by atoms with Crippen molar-refractivity contribution in [2.75, 3.05) is 6.61 Å². The highest BCUT2D eigenvalue weighted by molar-refractivity contribution is 5.88. The van der Waals surface area contributed by atoms with Gasteiger partial charge in [0.15, 0.2) is 23.3 Å². The number of rotatable bonds is 3. The molecule has 94 valence electrons. The van der Waals surface area contributed by atoms with Crippen molar-refractivity contribution in [2.24, 2.45) is 0 Å². The van der Waals surface area contributed by atoms with Crippen molar-refractivity contribution in [3.05, 3.63) is 34.4 Å². The minimum absolute atomic E-state index is 0.737. The van der Waals surface area contributed by atoms with E-state index in [1.807, 2.05) is 0 Å². The summed E-state index contributed by atoms with van der Waals surface area (Å²) in [5.74, 6) is -10.9. The number of hydrogen-bond donors (Lipinski definition) is 2. The Morgan fingerprint density at radius 3 is 1.82 bits per heavy atom. The Morgan fingerprint density at radius 2 is 1.53 bits per heavy atom. The second kappa shape index (κ2) is 4.70. The molecule has 1 aromatic rings. The van der Waals surface area contributed by atoms with Crippen LogP contribution in [0.15, 0.2) is 0 Å². The minimum Gasteiger partial charge on any atom is -0.477 e. The number of aromatic carboxylic acids is 1. The van der Waals surface area contributed by atoms with E-state index in [1.54, 1.807) is 0 Å². The molecular formula is C10H8F4O3. The van der Waals surface area contributed by atoms with E-state index in [9.17, 15) is 22.4 Å². The summed E-state index contributed by atoms with van der Waals surface area (Å²) in [6, 6.07) is 0. The Bertz CT molecular complexity index is 444. The average Bonchev–Trinajstić information content (AvgIpc) is 2.26. The number of benzene rings is 1. The van der Waals surface area contributed by atoms with Crippen LogP contribution in [0.4, 0.5) is 17.6 Å². The summed E-state index contributed by atoms with van der Waals surface area (Å²) in [5.41, 5.74) is -2.69. The minimum atomic E-state index is -2.11. The fourth-order valence-electron chi connectivity index (χ4n) is 1.36. The molecule has 0 aliphatic heterocycles. The second-order valence-corrected chi connectivity index (χ2v) is 3.43. The molecule has 1 aromatic carbocycles. The van der Waals surface area contributed by atoms with Gasteiger partial charge in [0.1, 0.15) is 5.56 Å². The molecule has 0 aliphatic rings. The van der Waals surface area contributed by atoms with Crippen molar-refractivity contribution in [1.82, 2.24) is 0 Å². The maximum atomic E-state index is 13.3.